The van der Waals surface area contributed by atoms with E-state index in [-0.39, 0.29) is 0 Å². The van der Waals surface area contributed by atoms with Gasteiger partial charge in [0.1, 0.15) is 0 Å². The number of nitrogens with zero attached hydrogens (tertiary/aromatic N) is 2. The molecular formula is C17H27N3. The number of hydrogen-bond donors (Lipinski definition) is 1. The van der Waals surface area contributed by atoms with Crippen LogP contribution >= 0.6 is 0 Å². The average Bonchev–Trinajstić information content (AvgIpc) is 2.95. The monoisotopic (exact) mass is 273 g/mol. The molecule has 0 aliphatic carbocycles. The molecule has 0 amide bonds. The number of benzene rings is 1. The van der Waals surface area contributed by atoms with Crippen molar-refractivity contribution in [1.82, 2.24) is 10.2 Å². The lowest BCUT2D eigenvalue weighted by molar-refractivity contribution is 0.0847. The molecule has 0 saturated carbocycles. The summed E-state index contributed by atoms with van der Waals surface area (Å²) >= 11 is 0. The number of fused-ring (bicyclic) bond motifs is 1. The van der Waals surface area contributed by atoms with Gasteiger partial charge in [0.05, 0.1) is 0 Å². The summed E-state index contributed by atoms with van der Waals surface area (Å²) < 4.78 is 0. The van der Waals surface area contributed by atoms with Gasteiger partial charge in [-0.15, -0.1) is 0 Å². The molecule has 110 valence electrons. The standard InChI is InChI=1S/C17H27N3/c1-13(14-6-8-16(9-7-14)19(2)3)20-10-4-5-15-11-18-12-17(15)20/h6-9,13,15,17-18H,4-5,10-12H2,1-3H3. The number of anilines is 1. The Bertz CT molecular complexity index is 440. The van der Waals surface area contributed by atoms with Crippen molar-refractivity contribution in [3.8, 4) is 0 Å². The Morgan fingerprint density at radius 1 is 1.20 bits per heavy atom. The molecule has 3 atom stereocenters. The van der Waals surface area contributed by atoms with Crippen LogP contribution in [-0.4, -0.2) is 44.7 Å². The Morgan fingerprint density at radius 3 is 2.65 bits per heavy atom. The summed E-state index contributed by atoms with van der Waals surface area (Å²) in [6.07, 6.45) is 2.75. The number of nitrogens with one attached hydrogen (secondary N) is 1. The summed E-state index contributed by atoms with van der Waals surface area (Å²) in [6, 6.07) is 10.3. The fraction of sp³-hybridized carbons (Fsp3) is 0.647. The van der Waals surface area contributed by atoms with Crippen molar-refractivity contribution in [3.63, 3.8) is 0 Å². The molecule has 3 nitrogen and oxygen atoms in total. The van der Waals surface area contributed by atoms with Crippen molar-refractivity contribution < 1.29 is 0 Å². The van der Waals surface area contributed by atoms with E-state index >= 15 is 0 Å². The van der Waals surface area contributed by atoms with E-state index in [0.29, 0.717) is 6.04 Å². The molecule has 2 heterocycles. The highest BCUT2D eigenvalue weighted by molar-refractivity contribution is 5.46. The minimum absolute atomic E-state index is 0.527. The zero-order valence-electron chi connectivity index (χ0n) is 13.0. The highest BCUT2D eigenvalue weighted by Crippen LogP contribution is 2.33. The van der Waals surface area contributed by atoms with Crippen molar-refractivity contribution in [1.29, 1.82) is 0 Å². The van der Waals surface area contributed by atoms with Crippen molar-refractivity contribution >= 4 is 5.69 Å². The van der Waals surface area contributed by atoms with E-state index < -0.39 is 0 Å². The molecule has 3 heteroatoms. The van der Waals surface area contributed by atoms with Gasteiger partial charge in [0.2, 0.25) is 0 Å². The molecule has 2 fully saturated rings. The van der Waals surface area contributed by atoms with Crippen LogP contribution in [0.2, 0.25) is 0 Å². The lowest BCUT2D eigenvalue weighted by Gasteiger charge is -2.41. The molecule has 2 aliphatic rings. The first-order valence-corrected chi connectivity index (χ1v) is 7.90. The van der Waals surface area contributed by atoms with E-state index in [9.17, 15) is 0 Å². The van der Waals surface area contributed by atoms with Gasteiger partial charge >= 0.3 is 0 Å². The summed E-state index contributed by atoms with van der Waals surface area (Å²) in [5.41, 5.74) is 2.73. The van der Waals surface area contributed by atoms with Gasteiger partial charge in [0, 0.05) is 38.4 Å². The zero-order chi connectivity index (χ0) is 14.1. The number of rotatable bonds is 3. The van der Waals surface area contributed by atoms with Crippen LogP contribution < -0.4 is 10.2 Å². The third kappa shape index (κ3) is 2.57. The topological polar surface area (TPSA) is 18.5 Å². The van der Waals surface area contributed by atoms with E-state index in [2.05, 4.69) is 60.4 Å². The van der Waals surface area contributed by atoms with Crippen LogP contribution in [-0.2, 0) is 0 Å². The van der Waals surface area contributed by atoms with Gasteiger partial charge in [-0.25, -0.2) is 0 Å². The van der Waals surface area contributed by atoms with Crippen LogP contribution in [0.25, 0.3) is 0 Å². The molecule has 20 heavy (non-hydrogen) atoms. The Hall–Kier alpha value is -1.06. The summed E-state index contributed by atoms with van der Waals surface area (Å²) in [6.45, 7) is 6.00. The highest BCUT2D eigenvalue weighted by Gasteiger charge is 2.37. The van der Waals surface area contributed by atoms with Crippen molar-refractivity contribution in [2.24, 2.45) is 5.92 Å². The van der Waals surface area contributed by atoms with Gasteiger partial charge in [0.15, 0.2) is 0 Å². The first-order valence-electron chi connectivity index (χ1n) is 7.90. The number of piperidine rings is 1. The molecule has 0 spiro atoms. The third-order valence-electron chi connectivity index (χ3n) is 5.11. The van der Waals surface area contributed by atoms with Crippen LogP contribution in [0.4, 0.5) is 5.69 Å². The van der Waals surface area contributed by atoms with Crippen LogP contribution in [0.3, 0.4) is 0 Å². The molecule has 0 aromatic heterocycles. The Labute approximate surface area is 123 Å². The van der Waals surface area contributed by atoms with E-state index in [4.69, 9.17) is 0 Å². The van der Waals surface area contributed by atoms with Gasteiger partial charge in [-0.1, -0.05) is 12.1 Å². The smallest absolute Gasteiger partial charge is 0.0361 e. The van der Waals surface area contributed by atoms with E-state index in [1.807, 2.05) is 0 Å². The van der Waals surface area contributed by atoms with Crippen LogP contribution in [0.15, 0.2) is 24.3 Å². The maximum atomic E-state index is 3.58. The Morgan fingerprint density at radius 2 is 1.95 bits per heavy atom. The van der Waals surface area contributed by atoms with Crippen molar-refractivity contribution in [2.75, 3.05) is 38.6 Å². The fourth-order valence-electron chi connectivity index (χ4n) is 3.83. The van der Waals surface area contributed by atoms with Crippen molar-refractivity contribution in [3.05, 3.63) is 29.8 Å². The molecule has 1 aromatic rings. The minimum Gasteiger partial charge on any atom is -0.378 e. The summed E-state index contributed by atoms with van der Waals surface area (Å²) in [7, 11) is 4.19. The first-order chi connectivity index (χ1) is 9.66. The lowest BCUT2D eigenvalue weighted by atomic mass is 9.89. The third-order valence-corrected chi connectivity index (χ3v) is 5.11. The Kier molecular flexibility index (Phi) is 3.99. The van der Waals surface area contributed by atoms with Crippen LogP contribution in [0.5, 0.6) is 0 Å². The molecule has 0 radical (unpaired) electrons. The second-order valence-corrected chi connectivity index (χ2v) is 6.53. The average molecular weight is 273 g/mol. The Balaban J connectivity index is 1.75. The van der Waals surface area contributed by atoms with E-state index in [1.54, 1.807) is 0 Å². The predicted octanol–water partition coefficient (Wildman–Crippen LogP) is 2.50. The minimum atomic E-state index is 0.527. The molecule has 3 rings (SSSR count). The fourth-order valence-corrected chi connectivity index (χ4v) is 3.83. The largest absolute Gasteiger partial charge is 0.378 e. The maximum absolute atomic E-state index is 3.58. The number of likely N-dealkylation sites (tertiary alicyclic amines) is 1. The van der Waals surface area contributed by atoms with Gasteiger partial charge < -0.3 is 10.2 Å². The second-order valence-electron chi connectivity index (χ2n) is 6.53. The quantitative estimate of drug-likeness (QED) is 0.913. The van der Waals surface area contributed by atoms with Gasteiger partial charge in [-0.05, 0) is 56.5 Å². The summed E-state index contributed by atoms with van der Waals surface area (Å²) in [5, 5.41) is 3.58. The molecule has 0 bridgehead atoms. The first kappa shape index (κ1) is 13.9. The second kappa shape index (κ2) is 5.74. The van der Waals surface area contributed by atoms with Crippen LogP contribution in [0.1, 0.15) is 31.4 Å². The molecule has 3 unspecified atom stereocenters. The normalized spacial score (nSPS) is 28.1. The van der Waals surface area contributed by atoms with E-state index in [1.165, 1.54) is 43.7 Å². The number of hydrogen-bond acceptors (Lipinski definition) is 3. The van der Waals surface area contributed by atoms with Gasteiger partial charge in [0.25, 0.3) is 0 Å². The zero-order valence-corrected chi connectivity index (χ0v) is 13.0. The maximum Gasteiger partial charge on any atom is 0.0361 e. The van der Waals surface area contributed by atoms with Crippen molar-refractivity contribution in [2.45, 2.75) is 31.8 Å². The molecular weight excluding hydrogens is 246 g/mol. The lowest BCUT2D eigenvalue weighted by Crippen LogP contribution is -2.46. The predicted molar refractivity (Wildman–Crippen MR) is 85.3 cm³/mol. The molecule has 2 saturated heterocycles. The highest BCUT2D eigenvalue weighted by atomic mass is 15.2. The van der Waals surface area contributed by atoms with Gasteiger partial charge in [-0.3, -0.25) is 4.90 Å². The summed E-state index contributed by atoms with van der Waals surface area (Å²) in [5.74, 6) is 0.868. The van der Waals surface area contributed by atoms with Gasteiger partial charge in [-0.2, -0.15) is 0 Å². The van der Waals surface area contributed by atoms with E-state index in [0.717, 1.165) is 12.0 Å². The van der Waals surface area contributed by atoms with Crippen LogP contribution in [0, 0.1) is 5.92 Å². The summed E-state index contributed by atoms with van der Waals surface area (Å²) in [4.78, 5) is 4.88. The molecule has 1 N–H and O–H groups in total. The SMILES string of the molecule is CC(c1ccc(N(C)C)cc1)N1CCCC2CNCC21. The molecule has 2 aliphatic heterocycles. The molecule has 1 aromatic carbocycles.